The van der Waals surface area contributed by atoms with E-state index < -0.39 is 22.0 Å². The SMILES string of the molecule is COC(=O)c1ccc(C)c(S(=O)(=O)N2CCCC2C(=O)NCc2ccco2)c1. The summed E-state index contributed by atoms with van der Waals surface area (Å²) >= 11 is 0. The summed E-state index contributed by atoms with van der Waals surface area (Å²) < 4.78 is 37.5. The summed E-state index contributed by atoms with van der Waals surface area (Å²) in [4.78, 5) is 24.4. The minimum absolute atomic E-state index is 0.00105. The van der Waals surface area contributed by atoms with Gasteiger partial charge in [-0.15, -0.1) is 0 Å². The van der Waals surface area contributed by atoms with Gasteiger partial charge < -0.3 is 14.5 Å². The molecule has 1 aromatic carbocycles. The van der Waals surface area contributed by atoms with Crippen molar-refractivity contribution in [1.29, 1.82) is 0 Å². The number of furan rings is 1. The maximum atomic E-state index is 13.2. The van der Waals surface area contributed by atoms with Crippen molar-refractivity contribution in [2.45, 2.75) is 37.2 Å². The second-order valence-corrected chi connectivity index (χ2v) is 8.40. The van der Waals surface area contributed by atoms with Gasteiger partial charge in [0, 0.05) is 6.54 Å². The fraction of sp³-hybridized carbons (Fsp3) is 0.368. The third-order valence-corrected chi connectivity index (χ3v) is 6.77. The number of benzene rings is 1. The second kappa shape index (κ2) is 8.15. The fourth-order valence-corrected chi connectivity index (χ4v) is 5.15. The Hall–Kier alpha value is -2.65. The van der Waals surface area contributed by atoms with Gasteiger partial charge in [0.25, 0.3) is 0 Å². The molecule has 1 saturated heterocycles. The maximum Gasteiger partial charge on any atom is 0.337 e. The van der Waals surface area contributed by atoms with Crippen LogP contribution in [0.3, 0.4) is 0 Å². The predicted octanol–water partition coefficient (Wildman–Crippen LogP) is 1.84. The minimum atomic E-state index is -3.96. The van der Waals surface area contributed by atoms with E-state index in [1.807, 2.05) is 0 Å². The smallest absolute Gasteiger partial charge is 0.337 e. The Balaban J connectivity index is 1.84. The van der Waals surface area contributed by atoms with Crippen LogP contribution in [0.15, 0.2) is 45.9 Å². The lowest BCUT2D eigenvalue weighted by molar-refractivity contribution is -0.124. The Morgan fingerprint density at radius 3 is 2.79 bits per heavy atom. The molecule has 1 amide bonds. The molecule has 8 nitrogen and oxygen atoms in total. The molecule has 0 radical (unpaired) electrons. The van der Waals surface area contributed by atoms with Crippen LogP contribution in [0, 0.1) is 6.92 Å². The number of hydrogen-bond acceptors (Lipinski definition) is 6. The van der Waals surface area contributed by atoms with E-state index >= 15 is 0 Å². The number of methoxy groups -OCH3 is 1. The molecule has 1 aliphatic rings. The monoisotopic (exact) mass is 406 g/mol. The van der Waals surface area contributed by atoms with Crippen LogP contribution in [-0.2, 0) is 26.1 Å². The van der Waals surface area contributed by atoms with E-state index in [1.165, 1.54) is 29.8 Å². The zero-order valence-electron chi connectivity index (χ0n) is 15.7. The largest absolute Gasteiger partial charge is 0.467 e. The first kappa shape index (κ1) is 20.1. The van der Waals surface area contributed by atoms with Gasteiger partial charge in [-0.05, 0) is 49.6 Å². The van der Waals surface area contributed by atoms with Crippen molar-refractivity contribution < 1.29 is 27.2 Å². The quantitative estimate of drug-likeness (QED) is 0.734. The number of hydrogen-bond donors (Lipinski definition) is 1. The average Bonchev–Trinajstić information content (AvgIpc) is 3.37. The van der Waals surface area contributed by atoms with Gasteiger partial charge in [0.1, 0.15) is 11.8 Å². The standard InChI is InChI=1S/C19H22N2O6S/c1-13-7-8-14(19(23)26-2)11-17(13)28(24,25)21-9-3-6-16(21)18(22)20-12-15-5-4-10-27-15/h4-5,7-8,10-11,16H,3,6,9,12H2,1-2H3,(H,20,22). The molecule has 1 aliphatic heterocycles. The highest BCUT2D eigenvalue weighted by molar-refractivity contribution is 7.89. The topological polar surface area (TPSA) is 106 Å². The number of carbonyl (C=O) groups is 2. The highest BCUT2D eigenvalue weighted by atomic mass is 32.2. The lowest BCUT2D eigenvalue weighted by Gasteiger charge is -2.24. The van der Waals surface area contributed by atoms with Gasteiger partial charge in [0.15, 0.2) is 0 Å². The van der Waals surface area contributed by atoms with Gasteiger partial charge in [0.2, 0.25) is 15.9 Å². The van der Waals surface area contributed by atoms with E-state index in [9.17, 15) is 18.0 Å². The van der Waals surface area contributed by atoms with Gasteiger partial charge in [-0.2, -0.15) is 4.31 Å². The molecule has 28 heavy (non-hydrogen) atoms. The molecule has 1 atom stereocenters. The molecule has 3 rings (SSSR count). The van der Waals surface area contributed by atoms with Gasteiger partial charge in [-0.25, -0.2) is 13.2 Å². The van der Waals surface area contributed by atoms with Crippen molar-refractivity contribution in [3.05, 3.63) is 53.5 Å². The molecule has 0 aliphatic carbocycles. The van der Waals surface area contributed by atoms with Gasteiger partial charge in [0.05, 0.1) is 30.4 Å². The van der Waals surface area contributed by atoms with Crippen molar-refractivity contribution in [3.63, 3.8) is 0 Å². The predicted molar refractivity (Wildman–Crippen MR) is 100.0 cm³/mol. The van der Waals surface area contributed by atoms with Crippen LogP contribution < -0.4 is 5.32 Å². The number of ether oxygens (including phenoxy) is 1. The van der Waals surface area contributed by atoms with E-state index in [0.29, 0.717) is 24.2 Å². The van der Waals surface area contributed by atoms with Gasteiger partial charge in [-0.3, -0.25) is 4.79 Å². The number of nitrogens with one attached hydrogen (secondary N) is 1. The second-order valence-electron chi connectivity index (χ2n) is 6.54. The van der Waals surface area contributed by atoms with Crippen LogP contribution in [0.25, 0.3) is 0 Å². The number of esters is 1. The lowest BCUT2D eigenvalue weighted by atomic mass is 10.1. The molecule has 1 aromatic heterocycles. The lowest BCUT2D eigenvalue weighted by Crippen LogP contribution is -2.45. The summed E-state index contributed by atoms with van der Waals surface area (Å²) in [6.07, 6.45) is 2.51. The molecule has 0 spiro atoms. The zero-order valence-corrected chi connectivity index (χ0v) is 16.5. The summed E-state index contributed by atoms with van der Waals surface area (Å²) in [7, 11) is -2.73. The highest BCUT2D eigenvalue weighted by Crippen LogP contribution is 2.29. The molecular formula is C19H22N2O6S. The first-order valence-corrected chi connectivity index (χ1v) is 10.3. The minimum Gasteiger partial charge on any atom is -0.467 e. The molecule has 150 valence electrons. The van der Waals surface area contributed by atoms with Gasteiger partial charge >= 0.3 is 5.97 Å². The van der Waals surface area contributed by atoms with Crippen molar-refractivity contribution in [2.24, 2.45) is 0 Å². The number of carbonyl (C=O) groups excluding carboxylic acids is 2. The van der Waals surface area contributed by atoms with Crippen LogP contribution in [0.2, 0.25) is 0 Å². The molecule has 2 aromatic rings. The third kappa shape index (κ3) is 3.95. The number of sulfonamides is 1. The van der Waals surface area contributed by atoms with Crippen LogP contribution >= 0.6 is 0 Å². The van der Waals surface area contributed by atoms with Crippen LogP contribution in [0.1, 0.15) is 34.5 Å². The number of nitrogens with zero attached hydrogens (tertiary/aromatic N) is 1. The number of aryl methyl sites for hydroxylation is 1. The zero-order chi connectivity index (χ0) is 20.3. The number of rotatable bonds is 6. The summed E-state index contributed by atoms with van der Waals surface area (Å²) in [5.41, 5.74) is 0.638. The van der Waals surface area contributed by atoms with E-state index in [4.69, 9.17) is 4.42 Å². The van der Waals surface area contributed by atoms with Crippen molar-refractivity contribution in [1.82, 2.24) is 9.62 Å². The van der Waals surface area contributed by atoms with E-state index in [0.717, 1.165) is 0 Å². The Bertz CT molecular complexity index is 968. The van der Waals surface area contributed by atoms with Crippen LogP contribution in [0.4, 0.5) is 0 Å². The first-order chi connectivity index (χ1) is 13.3. The number of amides is 1. The van der Waals surface area contributed by atoms with Crippen molar-refractivity contribution in [3.8, 4) is 0 Å². The van der Waals surface area contributed by atoms with Crippen molar-refractivity contribution >= 4 is 21.9 Å². The fourth-order valence-electron chi connectivity index (χ4n) is 3.24. The molecule has 9 heteroatoms. The Labute approximate surface area is 163 Å². The third-order valence-electron chi connectivity index (χ3n) is 4.72. The summed E-state index contributed by atoms with van der Waals surface area (Å²) in [5, 5.41) is 2.72. The highest BCUT2D eigenvalue weighted by Gasteiger charge is 2.40. The summed E-state index contributed by atoms with van der Waals surface area (Å²) in [6.45, 7) is 2.08. The van der Waals surface area contributed by atoms with E-state index in [-0.39, 0.29) is 29.5 Å². The van der Waals surface area contributed by atoms with Crippen molar-refractivity contribution in [2.75, 3.05) is 13.7 Å². The average molecular weight is 406 g/mol. The molecular weight excluding hydrogens is 384 g/mol. The Kier molecular flexibility index (Phi) is 5.85. The van der Waals surface area contributed by atoms with Gasteiger partial charge in [-0.1, -0.05) is 6.07 Å². The molecule has 1 unspecified atom stereocenters. The van der Waals surface area contributed by atoms with E-state index in [1.54, 1.807) is 25.1 Å². The molecule has 1 fully saturated rings. The van der Waals surface area contributed by atoms with Crippen LogP contribution in [0.5, 0.6) is 0 Å². The Morgan fingerprint density at radius 1 is 1.32 bits per heavy atom. The molecule has 1 N–H and O–H groups in total. The van der Waals surface area contributed by atoms with E-state index in [2.05, 4.69) is 10.1 Å². The normalized spacial score (nSPS) is 17.4. The maximum absolute atomic E-state index is 13.2. The molecule has 0 saturated carbocycles. The summed E-state index contributed by atoms with van der Waals surface area (Å²) in [6, 6.07) is 7.00. The molecule has 2 heterocycles. The molecule has 0 bridgehead atoms. The summed E-state index contributed by atoms with van der Waals surface area (Å²) in [5.74, 6) is -0.410. The first-order valence-electron chi connectivity index (χ1n) is 8.85. The Morgan fingerprint density at radius 2 is 2.11 bits per heavy atom. The van der Waals surface area contributed by atoms with Crippen LogP contribution in [-0.4, -0.2) is 44.3 Å².